The molecule has 0 spiro atoms. The van der Waals surface area contributed by atoms with Gasteiger partial charge in [0.1, 0.15) is 13.4 Å². The van der Waals surface area contributed by atoms with Crippen LogP contribution >= 0.6 is 0 Å². The summed E-state index contributed by atoms with van der Waals surface area (Å²) in [6, 6.07) is 5.77. The van der Waals surface area contributed by atoms with Crippen LogP contribution in [-0.4, -0.2) is 37.3 Å². The highest BCUT2D eigenvalue weighted by Crippen LogP contribution is 2.47. The van der Waals surface area contributed by atoms with E-state index in [1.54, 1.807) is 20.8 Å². The highest BCUT2D eigenvalue weighted by molar-refractivity contribution is 5.82. The molecule has 0 aromatic heterocycles. The van der Waals surface area contributed by atoms with Gasteiger partial charge in [-0.05, 0) is 16.5 Å². The minimum absolute atomic E-state index is 0.186. The molecule has 0 radical (unpaired) electrons. The van der Waals surface area contributed by atoms with E-state index < -0.39 is 42.7 Å². The molecular formula is C19H22F6O4. The monoisotopic (exact) mass is 428 g/mol. The molecule has 4 nitrogen and oxygen atoms in total. The van der Waals surface area contributed by atoms with Gasteiger partial charge < -0.3 is 14.2 Å². The summed E-state index contributed by atoms with van der Waals surface area (Å²) >= 11 is 0. The van der Waals surface area contributed by atoms with Gasteiger partial charge in [0, 0.05) is 0 Å². The Morgan fingerprint density at radius 1 is 1.00 bits per heavy atom. The first-order valence-electron chi connectivity index (χ1n) is 8.38. The molecule has 29 heavy (non-hydrogen) atoms. The minimum atomic E-state index is -6.12. The molecule has 0 atom stereocenters. The SMILES string of the molecule is C=Cc1ccc(COC(=O)C(OCOCC(C)(C)C)(C(F)(F)F)C(F)(F)F)cc1. The zero-order chi connectivity index (χ0) is 22.5. The van der Waals surface area contributed by atoms with E-state index >= 15 is 0 Å². The molecule has 0 aliphatic rings. The lowest BCUT2D eigenvalue weighted by molar-refractivity contribution is -0.381. The second-order valence-electron chi connectivity index (χ2n) is 7.37. The van der Waals surface area contributed by atoms with Crippen molar-refractivity contribution in [2.45, 2.75) is 45.3 Å². The van der Waals surface area contributed by atoms with Gasteiger partial charge in [0.05, 0.1) is 6.61 Å². The van der Waals surface area contributed by atoms with Crippen molar-refractivity contribution in [2.24, 2.45) is 5.41 Å². The maximum atomic E-state index is 13.4. The summed E-state index contributed by atoms with van der Waals surface area (Å²) in [4.78, 5) is 12.0. The largest absolute Gasteiger partial charge is 0.458 e. The van der Waals surface area contributed by atoms with Crippen LogP contribution in [0.1, 0.15) is 31.9 Å². The average molecular weight is 428 g/mol. The normalized spacial score (nSPS) is 13.3. The molecule has 0 heterocycles. The summed E-state index contributed by atoms with van der Waals surface area (Å²) in [6.07, 6.45) is -10.8. The van der Waals surface area contributed by atoms with Crippen LogP contribution in [-0.2, 0) is 25.6 Å². The summed E-state index contributed by atoms with van der Waals surface area (Å²) in [6.45, 7) is 6.06. The molecule has 0 saturated carbocycles. The van der Waals surface area contributed by atoms with Gasteiger partial charge in [0.2, 0.25) is 0 Å². The lowest BCUT2D eigenvalue weighted by Crippen LogP contribution is -2.64. The maximum Gasteiger partial charge on any atom is 0.437 e. The fourth-order valence-electron chi connectivity index (χ4n) is 2.09. The fraction of sp³-hybridized carbons (Fsp3) is 0.526. The van der Waals surface area contributed by atoms with Crippen LogP contribution in [0.15, 0.2) is 30.8 Å². The smallest absolute Gasteiger partial charge is 0.437 e. The van der Waals surface area contributed by atoms with Crippen LogP contribution in [0.25, 0.3) is 6.08 Å². The van der Waals surface area contributed by atoms with Crippen molar-refractivity contribution in [3.05, 3.63) is 42.0 Å². The van der Waals surface area contributed by atoms with Gasteiger partial charge in [-0.2, -0.15) is 26.3 Å². The second kappa shape index (κ2) is 9.17. The van der Waals surface area contributed by atoms with E-state index in [1.165, 1.54) is 30.3 Å². The third kappa shape index (κ3) is 6.46. The Morgan fingerprint density at radius 2 is 1.52 bits per heavy atom. The Balaban J connectivity index is 3.04. The topological polar surface area (TPSA) is 44.8 Å². The number of carbonyl (C=O) groups excluding carboxylic acids is 1. The number of rotatable bonds is 8. The molecule has 0 unspecified atom stereocenters. The van der Waals surface area contributed by atoms with Gasteiger partial charge in [-0.25, -0.2) is 4.79 Å². The second-order valence-corrected chi connectivity index (χ2v) is 7.37. The number of hydrogen-bond donors (Lipinski definition) is 0. The molecule has 0 bridgehead atoms. The lowest BCUT2D eigenvalue weighted by atomic mass is 9.99. The van der Waals surface area contributed by atoms with Crippen molar-refractivity contribution in [3.8, 4) is 0 Å². The van der Waals surface area contributed by atoms with Crippen molar-refractivity contribution in [1.82, 2.24) is 0 Å². The van der Waals surface area contributed by atoms with Crippen LogP contribution in [0.3, 0.4) is 0 Å². The Kier molecular flexibility index (Phi) is 7.89. The third-order valence-corrected chi connectivity index (χ3v) is 3.57. The number of benzene rings is 1. The summed E-state index contributed by atoms with van der Waals surface area (Å²) < 4.78 is 93.4. The van der Waals surface area contributed by atoms with Crippen molar-refractivity contribution in [2.75, 3.05) is 13.4 Å². The minimum Gasteiger partial charge on any atom is -0.458 e. The van der Waals surface area contributed by atoms with Gasteiger partial charge >= 0.3 is 23.9 Å². The Labute approximate surface area is 164 Å². The van der Waals surface area contributed by atoms with Gasteiger partial charge in [-0.15, -0.1) is 0 Å². The molecule has 0 aliphatic heterocycles. The zero-order valence-corrected chi connectivity index (χ0v) is 16.1. The first-order valence-corrected chi connectivity index (χ1v) is 8.38. The van der Waals surface area contributed by atoms with Crippen molar-refractivity contribution < 1.29 is 45.3 Å². The molecule has 0 aliphatic carbocycles. The summed E-state index contributed by atoms with van der Waals surface area (Å²) in [5.41, 5.74) is -4.86. The Bertz CT molecular complexity index is 673. The van der Waals surface area contributed by atoms with E-state index in [-0.39, 0.29) is 12.2 Å². The number of carbonyl (C=O) groups is 1. The molecule has 0 N–H and O–H groups in total. The summed E-state index contributed by atoms with van der Waals surface area (Å²) in [5, 5.41) is 0. The maximum absolute atomic E-state index is 13.4. The highest BCUT2D eigenvalue weighted by Gasteiger charge is 2.78. The summed E-state index contributed by atoms with van der Waals surface area (Å²) in [7, 11) is 0. The predicted molar refractivity (Wildman–Crippen MR) is 92.5 cm³/mol. The van der Waals surface area contributed by atoms with Gasteiger partial charge in [-0.1, -0.05) is 57.7 Å². The number of ether oxygens (including phenoxy) is 3. The number of hydrogen-bond acceptors (Lipinski definition) is 4. The standard InChI is InChI=1S/C19H22F6O4/c1-5-13-6-8-14(9-7-13)10-28-15(26)17(18(20,21)22,19(23,24)25)29-12-27-11-16(2,3)4/h5-9H,1,10-12H2,2-4H3. The van der Waals surface area contributed by atoms with Crippen LogP contribution < -0.4 is 0 Å². The lowest BCUT2D eigenvalue weighted by Gasteiger charge is -2.34. The van der Waals surface area contributed by atoms with E-state index in [1.807, 2.05) is 0 Å². The van der Waals surface area contributed by atoms with Gasteiger partial charge in [0.25, 0.3) is 0 Å². The third-order valence-electron chi connectivity index (χ3n) is 3.57. The molecule has 0 saturated heterocycles. The molecule has 1 aromatic carbocycles. The van der Waals surface area contributed by atoms with E-state index in [9.17, 15) is 31.1 Å². The zero-order valence-electron chi connectivity index (χ0n) is 16.1. The van der Waals surface area contributed by atoms with Gasteiger partial charge in [0.15, 0.2) is 0 Å². The fourth-order valence-corrected chi connectivity index (χ4v) is 2.09. The Morgan fingerprint density at radius 3 is 1.93 bits per heavy atom. The van der Waals surface area contributed by atoms with Crippen molar-refractivity contribution in [1.29, 1.82) is 0 Å². The molecular weight excluding hydrogens is 406 g/mol. The molecule has 0 fully saturated rings. The molecule has 1 aromatic rings. The highest BCUT2D eigenvalue weighted by atomic mass is 19.4. The van der Waals surface area contributed by atoms with Crippen molar-refractivity contribution >= 4 is 12.0 Å². The quantitative estimate of drug-likeness (QED) is 0.245. The molecule has 10 heteroatoms. The van der Waals surface area contributed by atoms with E-state index in [0.29, 0.717) is 5.56 Å². The van der Waals surface area contributed by atoms with Gasteiger partial charge in [-0.3, -0.25) is 0 Å². The molecule has 1 rings (SSSR count). The van der Waals surface area contributed by atoms with Crippen molar-refractivity contribution in [3.63, 3.8) is 0 Å². The Hall–Kier alpha value is -2.07. The number of alkyl halides is 6. The predicted octanol–water partition coefficient (Wildman–Crippen LogP) is 5.27. The summed E-state index contributed by atoms with van der Waals surface area (Å²) in [5.74, 6) is -2.62. The molecule has 164 valence electrons. The number of esters is 1. The van der Waals surface area contributed by atoms with Crippen LogP contribution in [0, 0.1) is 5.41 Å². The number of halogens is 6. The van der Waals surface area contributed by atoms with Crippen LogP contribution in [0.2, 0.25) is 0 Å². The van der Waals surface area contributed by atoms with Crippen LogP contribution in [0.5, 0.6) is 0 Å². The molecule has 0 amide bonds. The van der Waals surface area contributed by atoms with E-state index in [2.05, 4.69) is 16.1 Å². The average Bonchev–Trinajstić information content (AvgIpc) is 2.57. The van der Waals surface area contributed by atoms with E-state index in [0.717, 1.165) is 0 Å². The van der Waals surface area contributed by atoms with Crippen LogP contribution in [0.4, 0.5) is 26.3 Å². The van der Waals surface area contributed by atoms with E-state index in [4.69, 9.17) is 4.74 Å². The first-order chi connectivity index (χ1) is 13.1. The first kappa shape index (κ1) is 25.0.